The molecule has 0 aliphatic carbocycles. The number of para-hydroxylation sites is 1. The molecule has 8 aromatic rings. The van der Waals surface area contributed by atoms with Crippen molar-refractivity contribution in [3.8, 4) is 67.5 Å². The van der Waals surface area contributed by atoms with Gasteiger partial charge in [0.1, 0.15) is 11.6 Å². The number of benzene rings is 6. The fourth-order valence-electron chi connectivity index (χ4n) is 8.65. The summed E-state index contributed by atoms with van der Waals surface area (Å²) in [6, 6.07) is 46.0. The van der Waals surface area contributed by atoms with E-state index in [2.05, 4.69) is 169 Å². The third kappa shape index (κ3) is 9.05. The minimum Gasteiger partial charge on any atom is -0.507 e. The molecule has 1 N–H and O–H groups in total. The van der Waals surface area contributed by atoms with Crippen LogP contribution in [0.3, 0.4) is 0 Å². The number of rotatable bonds is 10. The van der Waals surface area contributed by atoms with E-state index in [4.69, 9.17) is 12.7 Å². The van der Waals surface area contributed by atoms with Gasteiger partial charge in [0.15, 0.2) is 0 Å². The molecule has 8 rings (SSSR count). The Labute approximate surface area is 399 Å². The van der Waals surface area contributed by atoms with Crippen LogP contribution in [0.2, 0.25) is 0 Å². The van der Waals surface area contributed by atoms with Crippen LogP contribution in [0, 0.1) is 13.0 Å². The van der Waals surface area contributed by atoms with E-state index in [0.29, 0.717) is 11.4 Å². The van der Waals surface area contributed by atoms with Crippen LogP contribution >= 0.6 is 0 Å². The average molecular weight is 1030 g/mol. The van der Waals surface area contributed by atoms with Crippen molar-refractivity contribution in [2.75, 3.05) is 0 Å². The molecule has 0 saturated carbocycles. The molecule has 5 heteroatoms. The van der Waals surface area contributed by atoms with E-state index in [1.807, 2.05) is 52.1 Å². The van der Waals surface area contributed by atoms with Crippen molar-refractivity contribution >= 4 is 11.0 Å². The summed E-state index contributed by atoms with van der Waals surface area (Å²) < 4.78 is 20.4. The van der Waals surface area contributed by atoms with E-state index in [1.54, 1.807) is 0 Å². The number of fused-ring (bicyclic) bond motifs is 1. The molecule has 2 aromatic heterocycles. The summed E-state index contributed by atoms with van der Waals surface area (Å²) in [5, 5.41) is 12.2. The van der Waals surface area contributed by atoms with Crippen molar-refractivity contribution in [2.45, 2.75) is 112 Å². The smallest absolute Gasteiger partial charge is 0.148 e. The maximum absolute atomic E-state index is 12.2. The summed E-state index contributed by atoms with van der Waals surface area (Å²) in [5.41, 5.74) is 16.9. The number of hydrogen-bond donors (Lipinski definition) is 1. The summed E-state index contributed by atoms with van der Waals surface area (Å²) in [4.78, 5) is 10.4. The molecule has 0 radical (unpaired) electrons. The van der Waals surface area contributed by atoms with Crippen LogP contribution in [0.25, 0.3) is 72.7 Å². The Kier molecular flexibility index (Phi) is 12.6. The molecule has 0 aliphatic heterocycles. The number of nitrogens with zero attached hydrogens (tertiary/aromatic N) is 3. The molecule has 0 atom stereocenters. The van der Waals surface area contributed by atoms with Crippen molar-refractivity contribution in [1.82, 2.24) is 14.5 Å². The van der Waals surface area contributed by atoms with E-state index < -0.39 is 11.8 Å². The van der Waals surface area contributed by atoms with Crippen molar-refractivity contribution in [3.63, 3.8) is 0 Å². The third-order valence-corrected chi connectivity index (χ3v) is 12.4. The van der Waals surface area contributed by atoms with E-state index in [0.717, 1.165) is 89.2 Å². The zero-order valence-corrected chi connectivity index (χ0v) is 41.7. The summed E-state index contributed by atoms with van der Waals surface area (Å²) in [6.07, 6.45) is 1.88. The van der Waals surface area contributed by atoms with Crippen LogP contribution in [0.1, 0.15) is 136 Å². The van der Waals surface area contributed by atoms with Gasteiger partial charge in [-0.05, 0) is 111 Å². The number of imidazole rings is 1. The molecule has 0 bridgehead atoms. The van der Waals surface area contributed by atoms with Gasteiger partial charge in [-0.2, -0.15) is 0 Å². The van der Waals surface area contributed by atoms with Crippen molar-refractivity contribution in [3.05, 3.63) is 167 Å². The van der Waals surface area contributed by atoms with Gasteiger partial charge < -0.3 is 5.11 Å². The number of phenols is 1. The van der Waals surface area contributed by atoms with Gasteiger partial charge >= 0.3 is 0 Å². The second kappa shape index (κ2) is 18.5. The second-order valence-electron chi connectivity index (χ2n) is 19.3. The fraction of sp³-hybridized carbons (Fsp3) is 0.288. The van der Waals surface area contributed by atoms with E-state index >= 15 is 0 Å². The largest absolute Gasteiger partial charge is 0.507 e. The molecule has 0 aliphatic rings. The van der Waals surface area contributed by atoms with Gasteiger partial charge in [-0.3, -0.25) is 9.55 Å². The van der Waals surface area contributed by atoms with Crippen LogP contribution in [0.5, 0.6) is 5.75 Å². The van der Waals surface area contributed by atoms with Crippen molar-refractivity contribution in [1.29, 1.82) is 0 Å². The number of pyridine rings is 1. The van der Waals surface area contributed by atoms with Gasteiger partial charge in [-0.25, -0.2) is 4.98 Å². The van der Waals surface area contributed by atoms with Crippen LogP contribution in [0.15, 0.2) is 128 Å². The first-order valence-corrected chi connectivity index (χ1v) is 22.3. The second-order valence-corrected chi connectivity index (χ2v) is 19.3. The number of aromatic hydroxyl groups is 1. The molecule has 4 nitrogen and oxygen atoms in total. The Morgan fingerprint density at radius 2 is 1.27 bits per heavy atom. The first-order valence-electron chi connectivity index (χ1n) is 23.3. The number of hydrogen-bond acceptors (Lipinski definition) is 3. The molecule has 64 heavy (non-hydrogen) atoms. The maximum atomic E-state index is 12.2. The quantitative estimate of drug-likeness (QED) is 0.139. The summed E-state index contributed by atoms with van der Waals surface area (Å²) in [6.45, 7) is 25.0. The van der Waals surface area contributed by atoms with Crippen molar-refractivity contribution < 1.29 is 28.9 Å². The van der Waals surface area contributed by atoms with Crippen LogP contribution in [-0.2, 0) is 26.5 Å². The predicted molar refractivity (Wildman–Crippen MR) is 266 cm³/mol. The predicted octanol–water partition coefficient (Wildman–Crippen LogP) is 16.4. The first-order chi connectivity index (χ1) is 30.6. The van der Waals surface area contributed by atoms with Gasteiger partial charge in [0.2, 0.25) is 0 Å². The molecular weight excluding hydrogens is 962 g/mol. The molecule has 0 unspecified atom stereocenters. The molecule has 0 saturated heterocycles. The molecule has 6 aromatic carbocycles. The zero-order valence-electron chi connectivity index (χ0n) is 41.4. The molecule has 330 valence electrons. The Balaban J connectivity index is 0.00000648. The topological polar surface area (TPSA) is 50.9 Å². The first kappa shape index (κ1) is 43.7. The Hall–Kier alpha value is -5.57. The number of aromatic nitrogens is 3. The van der Waals surface area contributed by atoms with Gasteiger partial charge in [-0.1, -0.05) is 172 Å². The summed E-state index contributed by atoms with van der Waals surface area (Å²) in [5.74, 6) is -0.578. The number of phenolic OH excluding ortho intramolecular Hbond substituents is 1. The maximum Gasteiger partial charge on any atom is 0.148 e. The minimum absolute atomic E-state index is 0. The third-order valence-electron chi connectivity index (χ3n) is 12.4. The molecule has 2 heterocycles. The Bertz CT molecular complexity index is 3020. The van der Waals surface area contributed by atoms with Gasteiger partial charge in [0.25, 0.3) is 0 Å². The molecular formula is C59H62N3OPt-. The Morgan fingerprint density at radius 1 is 0.641 bits per heavy atom. The summed E-state index contributed by atoms with van der Waals surface area (Å²) in [7, 11) is 0. The normalized spacial score (nSPS) is 12.7. The van der Waals surface area contributed by atoms with Gasteiger partial charge in [0.05, 0.1) is 16.6 Å². The SMILES string of the molecule is [2H]C(C)(C)c1cccc(C([2H])(C)C)c1-c1ccc(-n2c(-c3cc(C(C)C)cc(C(C)C)c3O)nc3c(-c4[c-]c(-c5cc(-c6ccc(C)cc6)ccn5)cc(C(C)(C)C)c4)cccc32)cc1.[Pt]. The fourth-order valence-corrected chi connectivity index (χ4v) is 8.65. The van der Waals surface area contributed by atoms with Crippen LogP contribution in [-0.4, -0.2) is 19.6 Å². The Morgan fingerprint density at radius 3 is 1.88 bits per heavy atom. The zero-order chi connectivity index (χ0) is 46.7. The average Bonchev–Trinajstić information content (AvgIpc) is 3.65. The van der Waals surface area contributed by atoms with Crippen LogP contribution < -0.4 is 0 Å². The van der Waals surface area contributed by atoms with Crippen molar-refractivity contribution in [2.24, 2.45) is 0 Å². The van der Waals surface area contributed by atoms with E-state index in [1.165, 1.54) is 5.56 Å². The minimum atomic E-state index is -0.881. The van der Waals surface area contributed by atoms with E-state index in [-0.39, 0.29) is 44.1 Å². The van der Waals surface area contributed by atoms with Gasteiger partial charge in [-0.15, -0.1) is 29.3 Å². The number of aryl methyl sites for hydroxylation is 1. The monoisotopic (exact) mass is 1030 g/mol. The van der Waals surface area contributed by atoms with E-state index in [9.17, 15) is 5.11 Å². The standard InChI is InChI=1S/C59H62N3O.Pt/c1-35(2)43-32-51(38(7)8)57(63)52(33-43)58-61-56-50(44-29-45(31-46(30-44)59(10,11)12)53-34-42(27-28-60-53)40-21-19-39(9)20-22-40)17-14-18-54(56)62(58)47-25-23-41(24-26-47)55-48(36(3)4)15-13-16-49(55)37(5)6;/h13-28,30-38,63H,1-12H3;/q-1;/i36D,37D;. The molecule has 0 fully saturated rings. The molecule has 0 amide bonds. The summed E-state index contributed by atoms with van der Waals surface area (Å²) >= 11 is 0. The van der Waals surface area contributed by atoms with Crippen LogP contribution in [0.4, 0.5) is 0 Å². The molecule has 0 spiro atoms. The van der Waals surface area contributed by atoms with Gasteiger partial charge in [0, 0.05) is 41.4 Å².